The highest BCUT2D eigenvalue weighted by Gasteiger charge is 2.30. The number of anilines is 1. The smallest absolute Gasteiger partial charge is 0.277 e. The summed E-state index contributed by atoms with van der Waals surface area (Å²) in [7, 11) is 1.77. The molecule has 1 heterocycles. The van der Waals surface area contributed by atoms with E-state index < -0.39 is 0 Å². The van der Waals surface area contributed by atoms with Gasteiger partial charge in [-0.1, -0.05) is 36.3 Å². The third-order valence-corrected chi connectivity index (χ3v) is 3.42. The van der Waals surface area contributed by atoms with Crippen LogP contribution in [0.25, 0.3) is 0 Å². The monoisotopic (exact) mass is 274 g/mol. The van der Waals surface area contributed by atoms with Crippen LogP contribution in [-0.2, 0) is 4.79 Å². The van der Waals surface area contributed by atoms with E-state index in [4.69, 9.17) is 0 Å². The van der Waals surface area contributed by atoms with Crippen LogP contribution in [0.15, 0.2) is 53.5 Å². The molecule has 0 spiro atoms. The largest absolute Gasteiger partial charge is 0.309 e. The molecule has 0 unspecified atom stereocenters. The molecule has 2 aromatic rings. The molecular formula is C18H14N2O. The van der Waals surface area contributed by atoms with Crippen LogP contribution in [0.2, 0.25) is 0 Å². The van der Waals surface area contributed by atoms with E-state index in [0.29, 0.717) is 5.71 Å². The molecule has 0 saturated heterocycles. The maximum absolute atomic E-state index is 12.4. The molecule has 21 heavy (non-hydrogen) atoms. The van der Waals surface area contributed by atoms with Crippen molar-refractivity contribution in [1.82, 2.24) is 0 Å². The molecule has 3 rings (SSSR count). The van der Waals surface area contributed by atoms with E-state index in [-0.39, 0.29) is 5.91 Å². The normalized spacial score (nSPS) is 14.9. The highest BCUT2D eigenvalue weighted by molar-refractivity contribution is 6.54. The van der Waals surface area contributed by atoms with Gasteiger partial charge in [0.1, 0.15) is 5.71 Å². The summed E-state index contributed by atoms with van der Waals surface area (Å²) >= 11 is 0. The van der Waals surface area contributed by atoms with Crippen LogP contribution in [0.3, 0.4) is 0 Å². The van der Waals surface area contributed by atoms with Crippen molar-refractivity contribution in [1.29, 1.82) is 0 Å². The van der Waals surface area contributed by atoms with Crippen LogP contribution in [0, 0.1) is 11.8 Å². The van der Waals surface area contributed by atoms with Crippen LogP contribution in [0.1, 0.15) is 18.1 Å². The van der Waals surface area contributed by atoms with Crippen molar-refractivity contribution >= 4 is 23.0 Å². The Balaban J connectivity index is 2.17. The average Bonchev–Trinajstić information content (AvgIpc) is 2.75. The van der Waals surface area contributed by atoms with Gasteiger partial charge < -0.3 is 4.90 Å². The van der Waals surface area contributed by atoms with Crippen molar-refractivity contribution in [2.75, 3.05) is 11.9 Å². The first-order chi connectivity index (χ1) is 10.2. The number of nitrogens with zero attached hydrogens (tertiary/aromatic N) is 2. The molecule has 0 aromatic heterocycles. The highest BCUT2D eigenvalue weighted by Crippen LogP contribution is 2.30. The summed E-state index contributed by atoms with van der Waals surface area (Å²) in [5.74, 6) is 5.80. The van der Waals surface area contributed by atoms with Crippen molar-refractivity contribution in [3.05, 3.63) is 59.7 Å². The molecule has 0 aliphatic carbocycles. The van der Waals surface area contributed by atoms with E-state index in [2.05, 4.69) is 16.8 Å². The Morgan fingerprint density at radius 3 is 2.57 bits per heavy atom. The van der Waals surface area contributed by atoms with Crippen LogP contribution in [0.4, 0.5) is 11.4 Å². The van der Waals surface area contributed by atoms with Gasteiger partial charge >= 0.3 is 0 Å². The van der Waals surface area contributed by atoms with Crippen LogP contribution >= 0.6 is 0 Å². The lowest BCUT2D eigenvalue weighted by Gasteiger charge is -2.07. The summed E-state index contributed by atoms with van der Waals surface area (Å²) in [5, 5.41) is 0. The average molecular weight is 274 g/mol. The topological polar surface area (TPSA) is 32.7 Å². The minimum atomic E-state index is -0.0875. The van der Waals surface area contributed by atoms with Crippen molar-refractivity contribution in [3.63, 3.8) is 0 Å². The summed E-state index contributed by atoms with van der Waals surface area (Å²) < 4.78 is 0. The number of fused-ring (bicyclic) bond motifs is 1. The fourth-order valence-corrected chi connectivity index (χ4v) is 2.39. The van der Waals surface area contributed by atoms with Gasteiger partial charge in [-0.05, 0) is 25.1 Å². The molecule has 1 aliphatic heterocycles. The number of carbonyl (C=O) groups is 1. The fraction of sp³-hybridized carbons (Fsp3) is 0.111. The Morgan fingerprint density at radius 2 is 1.76 bits per heavy atom. The predicted molar refractivity (Wildman–Crippen MR) is 85.0 cm³/mol. The maximum atomic E-state index is 12.4. The third-order valence-electron chi connectivity index (χ3n) is 3.42. The Morgan fingerprint density at radius 1 is 1.05 bits per heavy atom. The Kier molecular flexibility index (Phi) is 3.29. The lowest BCUT2D eigenvalue weighted by atomic mass is 10.1. The van der Waals surface area contributed by atoms with Crippen LogP contribution in [0.5, 0.6) is 0 Å². The number of rotatable bonds is 1. The SMILES string of the molecule is CC#Cc1ccccc1N=C1C(=O)N(C)c2ccccc21. The van der Waals surface area contributed by atoms with Crippen molar-refractivity contribution in [2.24, 2.45) is 4.99 Å². The van der Waals surface area contributed by atoms with E-state index >= 15 is 0 Å². The maximum Gasteiger partial charge on any atom is 0.277 e. The number of carbonyl (C=O) groups excluding carboxylic acids is 1. The van der Waals surface area contributed by atoms with Gasteiger partial charge in [-0.25, -0.2) is 4.99 Å². The van der Waals surface area contributed by atoms with Gasteiger partial charge in [-0.2, -0.15) is 0 Å². The minimum Gasteiger partial charge on any atom is -0.309 e. The second-order valence-electron chi connectivity index (χ2n) is 4.73. The van der Waals surface area contributed by atoms with E-state index in [0.717, 1.165) is 22.5 Å². The Bertz CT molecular complexity index is 809. The van der Waals surface area contributed by atoms with Gasteiger partial charge in [0.15, 0.2) is 0 Å². The first kappa shape index (κ1) is 13.1. The lowest BCUT2D eigenvalue weighted by Crippen LogP contribution is -2.25. The van der Waals surface area contributed by atoms with Gasteiger partial charge in [0.25, 0.3) is 5.91 Å². The molecule has 1 aliphatic rings. The molecule has 0 bridgehead atoms. The fourth-order valence-electron chi connectivity index (χ4n) is 2.39. The van der Waals surface area contributed by atoms with Gasteiger partial charge in [0.2, 0.25) is 0 Å². The zero-order valence-electron chi connectivity index (χ0n) is 11.9. The molecule has 1 amide bonds. The summed E-state index contributed by atoms with van der Waals surface area (Å²) in [4.78, 5) is 18.6. The standard InChI is InChI=1S/C18H14N2O/c1-3-8-13-9-4-6-11-15(13)19-17-14-10-5-7-12-16(14)20(2)18(17)21/h4-7,9-12H,1-2H3. The zero-order chi connectivity index (χ0) is 14.8. The molecule has 0 fully saturated rings. The highest BCUT2D eigenvalue weighted by atomic mass is 16.2. The number of amides is 1. The number of benzene rings is 2. The summed E-state index contributed by atoms with van der Waals surface area (Å²) in [5.41, 5.74) is 3.77. The molecule has 3 heteroatoms. The van der Waals surface area contributed by atoms with Crippen molar-refractivity contribution in [2.45, 2.75) is 6.92 Å². The second kappa shape index (κ2) is 5.26. The molecule has 0 radical (unpaired) electrons. The molecule has 0 atom stereocenters. The summed E-state index contributed by atoms with van der Waals surface area (Å²) in [6.07, 6.45) is 0. The number of aliphatic imine (C=N–C) groups is 1. The van der Waals surface area contributed by atoms with E-state index in [1.165, 1.54) is 0 Å². The lowest BCUT2D eigenvalue weighted by molar-refractivity contribution is -0.111. The minimum absolute atomic E-state index is 0.0875. The first-order valence-electron chi connectivity index (χ1n) is 6.70. The first-order valence-corrected chi connectivity index (χ1v) is 6.70. The van der Waals surface area contributed by atoms with Crippen LogP contribution in [-0.4, -0.2) is 18.7 Å². The summed E-state index contributed by atoms with van der Waals surface area (Å²) in [6, 6.07) is 15.3. The third kappa shape index (κ3) is 2.21. The van der Waals surface area contributed by atoms with Crippen molar-refractivity contribution in [3.8, 4) is 11.8 Å². The van der Waals surface area contributed by atoms with E-state index in [9.17, 15) is 4.79 Å². The zero-order valence-corrected chi connectivity index (χ0v) is 11.9. The predicted octanol–water partition coefficient (Wildman–Crippen LogP) is 3.16. The molecule has 0 saturated carbocycles. The molecule has 3 nitrogen and oxygen atoms in total. The Hall–Kier alpha value is -2.86. The Labute approximate surface area is 123 Å². The van der Waals surface area contributed by atoms with Crippen molar-refractivity contribution < 1.29 is 4.79 Å². The molecule has 102 valence electrons. The molecular weight excluding hydrogens is 260 g/mol. The van der Waals surface area contributed by atoms with Gasteiger partial charge in [0.05, 0.1) is 16.9 Å². The van der Waals surface area contributed by atoms with E-state index in [1.807, 2.05) is 48.5 Å². The van der Waals surface area contributed by atoms with E-state index in [1.54, 1.807) is 18.9 Å². The number of hydrogen-bond acceptors (Lipinski definition) is 2. The molecule has 2 aromatic carbocycles. The molecule has 0 N–H and O–H groups in total. The number of para-hydroxylation sites is 2. The number of likely N-dealkylation sites (N-methyl/N-ethyl adjacent to an activating group) is 1. The second-order valence-corrected chi connectivity index (χ2v) is 4.73. The van der Waals surface area contributed by atoms with Crippen LogP contribution < -0.4 is 4.90 Å². The van der Waals surface area contributed by atoms with Gasteiger partial charge in [0, 0.05) is 12.6 Å². The van der Waals surface area contributed by atoms with Gasteiger partial charge in [-0.3, -0.25) is 4.79 Å². The van der Waals surface area contributed by atoms with Gasteiger partial charge in [-0.15, -0.1) is 5.92 Å². The quantitative estimate of drug-likeness (QED) is 0.735. The number of hydrogen-bond donors (Lipinski definition) is 0. The summed E-state index contributed by atoms with van der Waals surface area (Å²) in [6.45, 7) is 1.79.